The van der Waals surface area contributed by atoms with E-state index < -0.39 is 0 Å². The second kappa shape index (κ2) is 9.06. The van der Waals surface area contributed by atoms with Crippen LogP contribution in [0.25, 0.3) is 10.6 Å². The van der Waals surface area contributed by atoms with E-state index in [1.807, 2.05) is 48.2 Å². The topological polar surface area (TPSA) is 45.7 Å². The van der Waals surface area contributed by atoms with Gasteiger partial charge in [-0.05, 0) is 49.7 Å². The molecule has 3 aromatic rings. The Morgan fingerprint density at radius 1 is 1.03 bits per heavy atom. The average Bonchev–Trinajstić information content (AvgIpc) is 2.99. The number of halogens is 1. The minimum absolute atomic E-state index is 0.0711. The molecule has 4 rings (SSSR count). The third kappa shape index (κ3) is 4.45. The molecule has 1 amide bonds. The van der Waals surface area contributed by atoms with Crippen molar-refractivity contribution >= 4 is 34.5 Å². The van der Waals surface area contributed by atoms with E-state index >= 15 is 0 Å². The van der Waals surface area contributed by atoms with E-state index in [1.165, 1.54) is 11.3 Å². The van der Waals surface area contributed by atoms with Crippen molar-refractivity contribution in [3.63, 3.8) is 0 Å². The summed E-state index contributed by atoms with van der Waals surface area (Å²) in [5.74, 6) is 0.921. The number of aryl methyl sites for hydroxylation is 1. The Kier molecular flexibility index (Phi) is 6.25. The Balaban J connectivity index is 1.46. The van der Waals surface area contributed by atoms with Gasteiger partial charge >= 0.3 is 0 Å². The zero-order chi connectivity index (χ0) is 21.1. The fourth-order valence-corrected chi connectivity index (χ4v) is 4.79. The SMILES string of the molecule is COc1ccc(N2CCCN(C(=O)c3sc(-c4ccc(Cl)cc4)nc3C)CC2)cc1. The quantitative estimate of drug-likeness (QED) is 0.562. The summed E-state index contributed by atoms with van der Waals surface area (Å²) in [6.07, 6.45) is 0.930. The van der Waals surface area contributed by atoms with Crippen molar-refractivity contribution in [3.05, 3.63) is 64.1 Å². The minimum Gasteiger partial charge on any atom is -0.497 e. The van der Waals surface area contributed by atoms with Crippen LogP contribution in [0.2, 0.25) is 5.02 Å². The van der Waals surface area contributed by atoms with Gasteiger partial charge in [-0.1, -0.05) is 23.7 Å². The first-order chi connectivity index (χ1) is 14.5. The van der Waals surface area contributed by atoms with Gasteiger partial charge in [0, 0.05) is 42.5 Å². The molecule has 0 aliphatic carbocycles. The van der Waals surface area contributed by atoms with Crippen LogP contribution in [0.3, 0.4) is 0 Å². The number of hydrogen-bond donors (Lipinski definition) is 0. The summed E-state index contributed by atoms with van der Waals surface area (Å²) >= 11 is 7.44. The molecule has 0 unspecified atom stereocenters. The maximum absolute atomic E-state index is 13.2. The fourth-order valence-electron chi connectivity index (χ4n) is 3.63. The first-order valence-electron chi connectivity index (χ1n) is 9.97. The van der Waals surface area contributed by atoms with Gasteiger partial charge in [0.1, 0.15) is 15.6 Å². The number of aromatic nitrogens is 1. The second-order valence-electron chi connectivity index (χ2n) is 7.27. The molecule has 1 aliphatic heterocycles. The molecule has 0 radical (unpaired) electrons. The number of anilines is 1. The number of thiazole rings is 1. The van der Waals surface area contributed by atoms with Gasteiger partial charge < -0.3 is 14.5 Å². The number of rotatable bonds is 4. The van der Waals surface area contributed by atoms with Crippen LogP contribution >= 0.6 is 22.9 Å². The van der Waals surface area contributed by atoms with E-state index in [4.69, 9.17) is 16.3 Å². The molecule has 0 bridgehead atoms. The zero-order valence-electron chi connectivity index (χ0n) is 17.1. The maximum atomic E-state index is 13.2. The molecule has 30 heavy (non-hydrogen) atoms. The minimum atomic E-state index is 0.0711. The number of carbonyl (C=O) groups excluding carboxylic acids is 1. The van der Waals surface area contributed by atoms with Crippen LogP contribution in [0.4, 0.5) is 5.69 Å². The lowest BCUT2D eigenvalue weighted by Crippen LogP contribution is -2.35. The van der Waals surface area contributed by atoms with Crippen LogP contribution in [0.5, 0.6) is 5.75 Å². The van der Waals surface area contributed by atoms with Gasteiger partial charge in [-0.2, -0.15) is 0 Å². The molecule has 156 valence electrons. The van der Waals surface area contributed by atoms with Crippen molar-refractivity contribution < 1.29 is 9.53 Å². The molecule has 5 nitrogen and oxygen atoms in total. The van der Waals surface area contributed by atoms with Crippen molar-refractivity contribution in [2.45, 2.75) is 13.3 Å². The Hall–Kier alpha value is -2.57. The van der Waals surface area contributed by atoms with Gasteiger partial charge in [0.2, 0.25) is 0 Å². The van der Waals surface area contributed by atoms with Crippen LogP contribution < -0.4 is 9.64 Å². The highest BCUT2D eigenvalue weighted by atomic mass is 35.5. The highest BCUT2D eigenvalue weighted by molar-refractivity contribution is 7.17. The Morgan fingerprint density at radius 2 is 1.77 bits per heavy atom. The summed E-state index contributed by atoms with van der Waals surface area (Å²) in [4.78, 5) is 22.9. The van der Waals surface area contributed by atoms with E-state index in [-0.39, 0.29) is 5.91 Å². The monoisotopic (exact) mass is 441 g/mol. The molecule has 1 fully saturated rings. The van der Waals surface area contributed by atoms with Gasteiger partial charge in [0.05, 0.1) is 12.8 Å². The molecule has 1 saturated heterocycles. The standard InChI is InChI=1S/C23H24ClN3O2S/c1-16-21(30-22(25-16)17-4-6-18(24)7-5-17)23(28)27-13-3-12-26(14-15-27)19-8-10-20(29-2)11-9-19/h4-11H,3,12-15H2,1-2H3. The number of amides is 1. The van der Waals surface area contributed by atoms with Gasteiger partial charge in [-0.3, -0.25) is 4.79 Å². The van der Waals surface area contributed by atoms with Crippen LogP contribution in [0.15, 0.2) is 48.5 Å². The number of ether oxygens (including phenoxy) is 1. The molecule has 2 heterocycles. The van der Waals surface area contributed by atoms with Crippen LogP contribution in [-0.2, 0) is 0 Å². The van der Waals surface area contributed by atoms with Gasteiger partial charge in [0.15, 0.2) is 0 Å². The molecular formula is C23H24ClN3O2S. The van der Waals surface area contributed by atoms with Crippen molar-refractivity contribution in [1.82, 2.24) is 9.88 Å². The van der Waals surface area contributed by atoms with Crippen molar-refractivity contribution in [2.24, 2.45) is 0 Å². The highest BCUT2D eigenvalue weighted by Crippen LogP contribution is 2.30. The smallest absolute Gasteiger partial charge is 0.265 e. The molecule has 7 heteroatoms. The lowest BCUT2D eigenvalue weighted by molar-refractivity contribution is 0.0771. The highest BCUT2D eigenvalue weighted by Gasteiger charge is 2.24. The lowest BCUT2D eigenvalue weighted by Gasteiger charge is -2.23. The summed E-state index contributed by atoms with van der Waals surface area (Å²) in [6, 6.07) is 15.7. The number of benzene rings is 2. The second-order valence-corrected chi connectivity index (χ2v) is 8.71. The molecular weight excluding hydrogens is 418 g/mol. The Morgan fingerprint density at radius 3 is 2.47 bits per heavy atom. The van der Waals surface area contributed by atoms with E-state index in [2.05, 4.69) is 22.0 Å². The van der Waals surface area contributed by atoms with Crippen molar-refractivity contribution in [2.75, 3.05) is 38.2 Å². The van der Waals surface area contributed by atoms with Crippen molar-refractivity contribution in [1.29, 1.82) is 0 Å². The molecule has 2 aromatic carbocycles. The van der Waals surface area contributed by atoms with E-state index in [0.717, 1.165) is 58.6 Å². The maximum Gasteiger partial charge on any atom is 0.265 e. The van der Waals surface area contributed by atoms with E-state index in [1.54, 1.807) is 7.11 Å². The molecule has 0 saturated carbocycles. The van der Waals surface area contributed by atoms with Crippen LogP contribution in [-0.4, -0.2) is 49.1 Å². The summed E-state index contributed by atoms with van der Waals surface area (Å²) in [7, 11) is 1.67. The lowest BCUT2D eigenvalue weighted by atomic mass is 10.2. The predicted octanol–water partition coefficient (Wildman–Crippen LogP) is 5.13. The fraction of sp³-hybridized carbons (Fsp3) is 0.304. The normalized spacial score (nSPS) is 14.5. The molecule has 0 N–H and O–H groups in total. The number of methoxy groups -OCH3 is 1. The first kappa shape index (κ1) is 20.7. The van der Waals surface area contributed by atoms with E-state index in [9.17, 15) is 4.79 Å². The first-order valence-corrected chi connectivity index (χ1v) is 11.2. The largest absolute Gasteiger partial charge is 0.497 e. The average molecular weight is 442 g/mol. The predicted molar refractivity (Wildman–Crippen MR) is 123 cm³/mol. The van der Waals surface area contributed by atoms with Crippen molar-refractivity contribution in [3.8, 4) is 16.3 Å². The Labute approximate surface area is 185 Å². The van der Waals surface area contributed by atoms with Gasteiger partial charge in [0.25, 0.3) is 5.91 Å². The van der Waals surface area contributed by atoms with Gasteiger partial charge in [-0.25, -0.2) is 4.98 Å². The summed E-state index contributed by atoms with van der Waals surface area (Å²) in [5.41, 5.74) is 2.92. The van der Waals surface area contributed by atoms with Gasteiger partial charge in [-0.15, -0.1) is 11.3 Å². The molecule has 1 aliphatic rings. The van der Waals surface area contributed by atoms with Crippen LogP contribution in [0.1, 0.15) is 21.8 Å². The summed E-state index contributed by atoms with van der Waals surface area (Å²) < 4.78 is 5.25. The summed E-state index contributed by atoms with van der Waals surface area (Å²) in [5, 5.41) is 1.54. The summed E-state index contributed by atoms with van der Waals surface area (Å²) in [6.45, 7) is 5.08. The third-order valence-corrected chi connectivity index (χ3v) is 6.75. The van der Waals surface area contributed by atoms with Crippen LogP contribution in [0, 0.1) is 6.92 Å². The number of carbonyl (C=O) groups is 1. The molecule has 0 atom stereocenters. The number of hydrogen-bond acceptors (Lipinski definition) is 5. The third-order valence-electron chi connectivity index (χ3n) is 5.30. The molecule has 1 aromatic heterocycles. The van der Waals surface area contributed by atoms with E-state index in [0.29, 0.717) is 11.6 Å². The Bertz CT molecular complexity index is 1020. The molecule has 0 spiro atoms. The number of nitrogens with zero attached hydrogens (tertiary/aromatic N) is 3. The zero-order valence-corrected chi connectivity index (χ0v) is 18.7.